The molecule has 2 amide bonds. The molecule has 128 valence electrons. The topological polar surface area (TPSA) is 75.9 Å². The van der Waals surface area contributed by atoms with Gasteiger partial charge in [0, 0.05) is 45.1 Å². The van der Waals surface area contributed by atoms with Crippen LogP contribution >= 0.6 is 12.4 Å². The molecule has 0 aromatic rings. The summed E-state index contributed by atoms with van der Waals surface area (Å²) in [6.07, 6.45) is 1.42. The molecule has 2 rings (SSSR count). The summed E-state index contributed by atoms with van der Waals surface area (Å²) in [6, 6.07) is 0.136. The Hall–Kier alpha value is -0.850. The van der Waals surface area contributed by atoms with Gasteiger partial charge in [0.25, 0.3) is 0 Å². The number of morpholine rings is 1. The summed E-state index contributed by atoms with van der Waals surface area (Å²) < 4.78 is 5.22. The van der Waals surface area contributed by atoms with Crippen LogP contribution in [-0.4, -0.2) is 67.0 Å². The quantitative estimate of drug-likeness (QED) is 0.822. The van der Waals surface area contributed by atoms with Gasteiger partial charge >= 0.3 is 0 Å². The molecule has 0 aromatic carbocycles. The van der Waals surface area contributed by atoms with Crippen LogP contribution in [0.5, 0.6) is 0 Å². The third-order valence-corrected chi connectivity index (χ3v) is 4.58. The van der Waals surface area contributed by atoms with Crippen LogP contribution in [0.4, 0.5) is 0 Å². The van der Waals surface area contributed by atoms with Gasteiger partial charge in [-0.3, -0.25) is 9.59 Å². The van der Waals surface area contributed by atoms with Gasteiger partial charge in [0.15, 0.2) is 0 Å². The second-order valence-electron chi connectivity index (χ2n) is 6.69. The van der Waals surface area contributed by atoms with Crippen molar-refractivity contribution in [2.24, 2.45) is 11.1 Å². The van der Waals surface area contributed by atoms with Crippen molar-refractivity contribution in [2.45, 2.75) is 39.2 Å². The van der Waals surface area contributed by atoms with Gasteiger partial charge in [0.2, 0.25) is 11.8 Å². The van der Waals surface area contributed by atoms with Gasteiger partial charge in [-0.25, -0.2) is 0 Å². The molecule has 2 fully saturated rings. The summed E-state index contributed by atoms with van der Waals surface area (Å²) >= 11 is 0. The molecular formula is C15H28ClN3O3. The van der Waals surface area contributed by atoms with E-state index in [1.54, 1.807) is 4.90 Å². The molecular weight excluding hydrogens is 306 g/mol. The number of likely N-dealkylation sites (tertiary alicyclic amines) is 1. The Balaban J connectivity index is 0.00000242. The number of nitrogens with two attached hydrogens (primary N) is 1. The van der Waals surface area contributed by atoms with Gasteiger partial charge in [0.05, 0.1) is 13.2 Å². The molecule has 6 nitrogen and oxygen atoms in total. The lowest BCUT2D eigenvalue weighted by Crippen LogP contribution is -2.54. The Morgan fingerprint density at radius 2 is 1.64 bits per heavy atom. The zero-order valence-electron chi connectivity index (χ0n) is 13.5. The van der Waals surface area contributed by atoms with E-state index in [1.165, 1.54) is 0 Å². The van der Waals surface area contributed by atoms with E-state index in [9.17, 15) is 9.59 Å². The molecule has 2 saturated heterocycles. The molecule has 7 heteroatoms. The molecule has 0 bridgehead atoms. The number of rotatable bonds is 3. The largest absolute Gasteiger partial charge is 0.378 e. The highest BCUT2D eigenvalue weighted by molar-refractivity contribution is 5.85. The van der Waals surface area contributed by atoms with Crippen LogP contribution in [0.2, 0.25) is 0 Å². The maximum Gasteiger partial charge on any atom is 0.223 e. The number of nitrogens with zero attached hydrogens (tertiary/aromatic N) is 2. The zero-order valence-corrected chi connectivity index (χ0v) is 14.4. The number of ether oxygens (including phenoxy) is 1. The first kappa shape index (κ1) is 19.2. The minimum Gasteiger partial charge on any atom is -0.378 e. The van der Waals surface area contributed by atoms with E-state index in [4.69, 9.17) is 10.5 Å². The van der Waals surface area contributed by atoms with E-state index in [0.29, 0.717) is 52.2 Å². The zero-order chi connectivity index (χ0) is 15.5. The normalized spacial score (nSPS) is 24.6. The molecule has 2 aliphatic rings. The van der Waals surface area contributed by atoms with Crippen molar-refractivity contribution in [1.29, 1.82) is 0 Å². The molecule has 2 aliphatic heterocycles. The molecule has 0 aromatic heterocycles. The Bertz CT molecular complexity index is 397. The van der Waals surface area contributed by atoms with Crippen LogP contribution in [0, 0.1) is 5.41 Å². The monoisotopic (exact) mass is 333 g/mol. The van der Waals surface area contributed by atoms with Crippen molar-refractivity contribution in [3.63, 3.8) is 0 Å². The minimum atomic E-state index is -0.0534. The average Bonchev–Trinajstić information content (AvgIpc) is 2.48. The predicted molar refractivity (Wildman–Crippen MR) is 86.8 cm³/mol. The third-order valence-electron chi connectivity index (χ3n) is 4.58. The Labute approximate surface area is 138 Å². The Morgan fingerprint density at radius 1 is 1.09 bits per heavy atom. The predicted octanol–water partition coefficient (Wildman–Crippen LogP) is 0.633. The van der Waals surface area contributed by atoms with Crippen LogP contribution in [-0.2, 0) is 14.3 Å². The Morgan fingerprint density at radius 3 is 2.18 bits per heavy atom. The van der Waals surface area contributed by atoms with E-state index in [1.807, 2.05) is 4.90 Å². The third kappa shape index (κ3) is 4.83. The van der Waals surface area contributed by atoms with E-state index in [0.717, 1.165) is 6.42 Å². The molecule has 0 spiro atoms. The van der Waals surface area contributed by atoms with Crippen LogP contribution in [0.1, 0.15) is 33.1 Å². The van der Waals surface area contributed by atoms with E-state index >= 15 is 0 Å². The first-order chi connectivity index (χ1) is 9.90. The smallest absolute Gasteiger partial charge is 0.223 e. The van der Waals surface area contributed by atoms with Crippen molar-refractivity contribution in [3.05, 3.63) is 0 Å². The number of halogens is 1. The summed E-state index contributed by atoms with van der Waals surface area (Å²) in [5.41, 5.74) is 6.03. The summed E-state index contributed by atoms with van der Waals surface area (Å²) in [5, 5.41) is 0. The summed E-state index contributed by atoms with van der Waals surface area (Å²) in [4.78, 5) is 28.0. The van der Waals surface area contributed by atoms with Gasteiger partial charge in [-0.05, 0) is 11.8 Å². The second kappa shape index (κ2) is 8.13. The van der Waals surface area contributed by atoms with E-state index in [-0.39, 0.29) is 35.7 Å². The molecule has 1 unspecified atom stereocenters. The molecule has 2 heterocycles. The molecule has 1 atom stereocenters. The summed E-state index contributed by atoms with van der Waals surface area (Å²) in [5.74, 6) is 0.121. The van der Waals surface area contributed by atoms with Gasteiger partial charge in [-0.2, -0.15) is 0 Å². The lowest BCUT2D eigenvalue weighted by molar-refractivity contribution is -0.140. The highest BCUT2D eigenvalue weighted by Crippen LogP contribution is 2.28. The molecule has 22 heavy (non-hydrogen) atoms. The summed E-state index contributed by atoms with van der Waals surface area (Å²) in [6.45, 7) is 8.03. The average molecular weight is 334 g/mol. The first-order valence-electron chi connectivity index (χ1n) is 7.79. The first-order valence-corrected chi connectivity index (χ1v) is 7.79. The molecule has 0 saturated carbocycles. The van der Waals surface area contributed by atoms with Crippen molar-refractivity contribution in [3.8, 4) is 0 Å². The maximum absolute atomic E-state index is 12.3. The Kier molecular flexibility index (Phi) is 7.09. The van der Waals surface area contributed by atoms with Crippen molar-refractivity contribution < 1.29 is 14.3 Å². The highest BCUT2D eigenvalue weighted by atomic mass is 35.5. The van der Waals surface area contributed by atoms with E-state index < -0.39 is 0 Å². The standard InChI is InChI=1S/C15H27N3O3.ClH/c1-15(2)11-18(6-5-12(15)16)14(20)4-3-13(19)17-7-9-21-10-8-17;/h12H,3-11,16H2,1-2H3;1H. The fourth-order valence-corrected chi connectivity index (χ4v) is 2.93. The fourth-order valence-electron chi connectivity index (χ4n) is 2.93. The molecule has 0 radical (unpaired) electrons. The van der Waals surface area contributed by atoms with Crippen molar-refractivity contribution in [1.82, 2.24) is 9.80 Å². The lowest BCUT2D eigenvalue weighted by Gasteiger charge is -2.42. The summed E-state index contributed by atoms with van der Waals surface area (Å²) in [7, 11) is 0. The molecule has 2 N–H and O–H groups in total. The number of hydrogen-bond acceptors (Lipinski definition) is 4. The van der Waals surface area contributed by atoms with Crippen LogP contribution in [0.25, 0.3) is 0 Å². The van der Waals surface area contributed by atoms with Crippen molar-refractivity contribution >= 4 is 24.2 Å². The van der Waals surface area contributed by atoms with Gasteiger partial charge in [-0.15, -0.1) is 12.4 Å². The van der Waals surface area contributed by atoms with Crippen molar-refractivity contribution in [2.75, 3.05) is 39.4 Å². The van der Waals surface area contributed by atoms with E-state index in [2.05, 4.69) is 13.8 Å². The van der Waals surface area contributed by atoms with Gasteiger partial charge < -0.3 is 20.3 Å². The van der Waals surface area contributed by atoms with Gasteiger partial charge in [-0.1, -0.05) is 13.8 Å². The maximum atomic E-state index is 12.3. The lowest BCUT2D eigenvalue weighted by atomic mass is 9.79. The SMILES string of the molecule is CC1(C)CN(C(=O)CCC(=O)N2CCOCC2)CCC1N.Cl. The molecule has 0 aliphatic carbocycles. The van der Waals surface area contributed by atoms with Gasteiger partial charge in [0.1, 0.15) is 0 Å². The number of carbonyl (C=O) groups is 2. The second-order valence-corrected chi connectivity index (χ2v) is 6.69. The number of amides is 2. The number of carbonyl (C=O) groups excluding carboxylic acids is 2. The fraction of sp³-hybridized carbons (Fsp3) is 0.867. The highest BCUT2D eigenvalue weighted by Gasteiger charge is 2.35. The number of hydrogen-bond donors (Lipinski definition) is 1. The number of piperidine rings is 1. The van der Waals surface area contributed by atoms with Crippen LogP contribution in [0.15, 0.2) is 0 Å². The van der Waals surface area contributed by atoms with Crippen LogP contribution in [0.3, 0.4) is 0 Å². The minimum absolute atomic E-state index is 0. The van der Waals surface area contributed by atoms with Crippen LogP contribution < -0.4 is 5.73 Å².